The number of ether oxygens (including phenoxy) is 4. The fraction of sp³-hybridized carbons (Fsp3) is 0.140. The fourth-order valence-corrected chi connectivity index (χ4v) is 5.24. The number of rotatable bonds is 16. The number of Topliss-reactive ketones (excluding diaryl/α,β-unsaturated/α-hetero) is 1. The molecular weight excluding hydrogens is 596 g/mol. The van der Waals surface area contributed by atoms with Gasteiger partial charge in [0, 0.05) is 18.6 Å². The van der Waals surface area contributed by atoms with Crippen molar-refractivity contribution in [2.24, 2.45) is 0 Å². The molecule has 0 radical (unpaired) electrons. The first-order valence-corrected chi connectivity index (χ1v) is 16.2. The van der Waals surface area contributed by atoms with E-state index in [1.807, 2.05) is 152 Å². The van der Waals surface area contributed by atoms with Crippen LogP contribution >= 0.6 is 0 Å². The smallest absolute Gasteiger partial charge is 0.166 e. The Balaban J connectivity index is 1.18. The molecule has 48 heavy (non-hydrogen) atoms. The predicted octanol–water partition coefficient (Wildman–Crippen LogP) is 9.82. The Morgan fingerprint density at radius 1 is 0.417 bits per heavy atom. The van der Waals surface area contributed by atoms with Crippen LogP contribution in [0.4, 0.5) is 0 Å². The number of ketones is 1. The maximum absolute atomic E-state index is 13.8. The van der Waals surface area contributed by atoms with Gasteiger partial charge in [0.25, 0.3) is 0 Å². The molecule has 6 aromatic carbocycles. The topological polar surface area (TPSA) is 54.0 Å². The van der Waals surface area contributed by atoms with E-state index < -0.39 is 0 Å². The lowest BCUT2D eigenvalue weighted by molar-refractivity contribution is 0.0978. The van der Waals surface area contributed by atoms with Gasteiger partial charge in [-0.25, -0.2) is 0 Å². The van der Waals surface area contributed by atoms with Crippen molar-refractivity contribution in [3.05, 3.63) is 191 Å². The van der Waals surface area contributed by atoms with Crippen LogP contribution in [0.25, 0.3) is 0 Å². The van der Waals surface area contributed by atoms with Crippen LogP contribution in [0.2, 0.25) is 0 Å². The first-order chi connectivity index (χ1) is 23.7. The van der Waals surface area contributed by atoms with Crippen molar-refractivity contribution in [3.8, 4) is 23.0 Å². The van der Waals surface area contributed by atoms with Crippen molar-refractivity contribution in [2.75, 3.05) is 0 Å². The van der Waals surface area contributed by atoms with Crippen LogP contribution in [-0.4, -0.2) is 5.78 Å². The van der Waals surface area contributed by atoms with Crippen LogP contribution in [0, 0.1) is 0 Å². The molecule has 5 nitrogen and oxygen atoms in total. The highest BCUT2D eigenvalue weighted by Crippen LogP contribution is 2.31. The molecule has 0 N–H and O–H groups in total. The number of carbonyl (C=O) groups excluding carboxylic acids is 1. The molecule has 0 bridgehead atoms. The summed E-state index contributed by atoms with van der Waals surface area (Å²) >= 11 is 0. The zero-order chi connectivity index (χ0) is 32.8. The summed E-state index contributed by atoms with van der Waals surface area (Å²) in [6, 6.07) is 51.3. The molecule has 0 fully saturated rings. The second-order valence-electron chi connectivity index (χ2n) is 11.4. The van der Waals surface area contributed by atoms with Gasteiger partial charge in [0.2, 0.25) is 0 Å². The molecule has 0 aliphatic carbocycles. The molecule has 0 unspecified atom stereocenters. The summed E-state index contributed by atoms with van der Waals surface area (Å²) in [5.41, 5.74) is 5.67. The van der Waals surface area contributed by atoms with Gasteiger partial charge in [-0.15, -0.1) is 0 Å². The van der Waals surface area contributed by atoms with E-state index in [0.29, 0.717) is 61.4 Å². The van der Waals surface area contributed by atoms with Crippen LogP contribution in [0.15, 0.2) is 158 Å². The minimum atomic E-state index is -0.0221. The normalized spacial score (nSPS) is 10.7. The average molecular weight is 635 g/mol. The Kier molecular flexibility index (Phi) is 11.2. The summed E-state index contributed by atoms with van der Waals surface area (Å²) in [5, 5.41) is 0. The van der Waals surface area contributed by atoms with Crippen molar-refractivity contribution in [1.29, 1.82) is 0 Å². The third kappa shape index (κ3) is 9.36. The van der Waals surface area contributed by atoms with Crippen molar-refractivity contribution in [1.82, 2.24) is 0 Å². The van der Waals surface area contributed by atoms with Gasteiger partial charge in [-0.05, 0) is 52.4 Å². The largest absolute Gasteiger partial charge is 0.489 e. The van der Waals surface area contributed by atoms with E-state index >= 15 is 0 Å². The maximum atomic E-state index is 13.8. The first-order valence-electron chi connectivity index (χ1n) is 16.2. The van der Waals surface area contributed by atoms with Gasteiger partial charge in [-0.3, -0.25) is 4.79 Å². The number of benzene rings is 6. The summed E-state index contributed by atoms with van der Waals surface area (Å²) in [5.74, 6) is 2.52. The molecule has 5 heteroatoms. The van der Waals surface area contributed by atoms with Crippen molar-refractivity contribution < 1.29 is 23.7 Å². The molecule has 0 amide bonds. The van der Waals surface area contributed by atoms with Gasteiger partial charge in [0.05, 0.1) is 5.56 Å². The number of aryl methyl sites for hydroxylation is 1. The van der Waals surface area contributed by atoms with Crippen LogP contribution in [0.3, 0.4) is 0 Å². The van der Waals surface area contributed by atoms with Crippen LogP contribution in [0.5, 0.6) is 23.0 Å². The van der Waals surface area contributed by atoms with Gasteiger partial charge < -0.3 is 18.9 Å². The lowest BCUT2D eigenvalue weighted by atomic mass is 10.0. The van der Waals surface area contributed by atoms with Gasteiger partial charge in [-0.1, -0.05) is 127 Å². The molecule has 0 spiro atoms. The highest BCUT2D eigenvalue weighted by Gasteiger charge is 2.17. The van der Waals surface area contributed by atoms with Gasteiger partial charge in [-0.2, -0.15) is 0 Å². The molecular formula is C43H38O5. The van der Waals surface area contributed by atoms with Crippen LogP contribution in [0.1, 0.15) is 44.6 Å². The Hall–Kier alpha value is -5.81. The van der Waals surface area contributed by atoms with Gasteiger partial charge in [0.1, 0.15) is 49.4 Å². The van der Waals surface area contributed by atoms with Crippen molar-refractivity contribution in [2.45, 2.75) is 39.3 Å². The standard InChI is InChI=1S/C43H38O5/c44-41(40-25-24-39(46-30-34-15-7-2-8-16-34)28-43(40)48-32-36-19-11-4-12-20-36)26-22-37-21-23-38(45-29-33-13-5-1-6-14-33)27-42(37)47-31-35-17-9-3-10-18-35/h1-21,23-25,27-28H,22,26,29-32H2. The molecule has 6 aromatic rings. The average Bonchev–Trinajstić information content (AvgIpc) is 3.15. The zero-order valence-electron chi connectivity index (χ0n) is 26.8. The van der Waals surface area contributed by atoms with E-state index in [4.69, 9.17) is 18.9 Å². The maximum Gasteiger partial charge on any atom is 0.166 e. The lowest BCUT2D eigenvalue weighted by Gasteiger charge is -2.16. The summed E-state index contributed by atoms with van der Waals surface area (Å²) < 4.78 is 24.7. The minimum absolute atomic E-state index is 0.0221. The molecule has 6 rings (SSSR count). The summed E-state index contributed by atoms with van der Waals surface area (Å²) in [4.78, 5) is 13.8. The molecule has 0 heterocycles. The third-order valence-electron chi connectivity index (χ3n) is 7.88. The van der Waals surface area contributed by atoms with Gasteiger partial charge in [0.15, 0.2) is 5.78 Å². The summed E-state index contributed by atoms with van der Waals surface area (Å²) in [6.07, 6.45) is 0.768. The van der Waals surface area contributed by atoms with Crippen molar-refractivity contribution >= 4 is 5.78 Å². The first kappa shape index (κ1) is 32.1. The molecule has 0 atom stereocenters. The summed E-state index contributed by atoms with van der Waals surface area (Å²) in [7, 11) is 0. The molecule has 0 saturated carbocycles. The van der Waals surface area contributed by atoms with E-state index in [-0.39, 0.29) is 12.2 Å². The van der Waals surface area contributed by atoms with E-state index in [0.717, 1.165) is 27.8 Å². The highest BCUT2D eigenvalue weighted by atomic mass is 16.5. The van der Waals surface area contributed by atoms with Gasteiger partial charge >= 0.3 is 0 Å². The monoisotopic (exact) mass is 634 g/mol. The highest BCUT2D eigenvalue weighted by molar-refractivity contribution is 5.99. The summed E-state index contributed by atoms with van der Waals surface area (Å²) in [6.45, 7) is 1.62. The SMILES string of the molecule is O=C(CCc1ccc(OCc2ccccc2)cc1OCc1ccccc1)c1ccc(OCc2ccccc2)cc1OCc1ccccc1. The fourth-order valence-electron chi connectivity index (χ4n) is 5.24. The zero-order valence-corrected chi connectivity index (χ0v) is 26.8. The second-order valence-corrected chi connectivity index (χ2v) is 11.4. The Morgan fingerprint density at radius 2 is 0.812 bits per heavy atom. The number of hydrogen-bond donors (Lipinski definition) is 0. The van der Waals surface area contributed by atoms with E-state index in [1.165, 1.54) is 0 Å². The molecule has 240 valence electrons. The van der Waals surface area contributed by atoms with E-state index in [1.54, 1.807) is 6.07 Å². The third-order valence-corrected chi connectivity index (χ3v) is 7.88. The second kappa shape index (κ2) is 16.7. The van der Waals surface area contributed by atoms with Crippen molar-refractivity contribution in [3.63, 3.8) is 0 Å². The van der Waals surface area contributed by atoms with E-state index in [9.17, 15) is 4.79 Å². The Morgan fingerprint density at radius 3 is 1.29 bits per heavy atom. The van der Waals surface area contributed by atoms with Crippen LogP contribution in [-0.2, 0) is 32.8 Å². The molecule has 0 aromatic heterocycles. The molecule has 0 aliphatic rings. The van der Waals surface area contributed by atoms with Crippen LogP contribution < -0.4 is 18.9 Å². The molecule has 0 saturated heterocycles. The minimum Gasteiger partial charge on any atom is -0.489 e. The number of carbonyl (C=O) groups is 1. The molecule has 0 aliphatic heterocycles. The predicted molar refractivity (Wildman–Crippen MR) is 189 cm³/mol. The number of hydrogen-bond acceptors (Lipinski definition) is 5. The van der Waals surface area contributed by atoms with E-state index in [2.05, 4.69) is 0 Å². The quantitative estimate of drug-likeness (QED) is 0.0993. The Bertz CT molecular complexity index is 1870. The lowest BCUT2D eigenvalue weighted by Crippen LogP contribution is -2.07. The Labute approximate surface area is 282 Å².